The number of anilines is 2. The number of fused-ring (bicyclic) bond motifs is 1. The summed E-state index contributed by atoms with van der Waals surface area (Å²) in [5.41, 5.74) is 7.09. The highest BCUT2D eigenvalue weighted by atomic mass is 16.5. The first-order chi connectivity index (χ1) is 16.2. The quantitative estimate of drug-likeness (QED) is 0.473. The molecule has 2 amide bonds. The van der Waals surface area contributed by atoms with Crippen molar-refractivity contribution >= 4 is 23.1 Å². The van der Waals surface area contributed by atoms with Crippen LogP contribution in [0.3, 0.4) is 0 Å². The van der Waals surface area contributed by atoms with Gasteiger partial charge in [0.15, 0.2) is 0 Å². The lowest BCUT2D eigenvalue weighted by Gasteiger charge is -2.28. The van der Waals surface area contributed by atoms with E-state index >= 15 is 0 Å². The third-order valence-corrected chi connectivity index (χ3v) is 5.84. The zero-order chi connectivity index (χ0) is 22.6. The van der Waals surface area contributed by atoms with Crippen LogP contribution in [0.25, 0.3) is 28.0 Å². The summed E-state index contributed by atoms with van der Waals surface area (Å²) in [6.07, 6.45) is 3.92. The molecule has 0 spiro atoms. The van der Waals surface area contributed by atoms with Gasteiger partial charge < -0.3 is 20.3 Å². The molecule has 33 heavy (non-hydrogen) atoms. The molecule has 5 rings (SSSR count). The van der Waals surface area contributed by atoms with Crippen LogP contribution in [0, 0.1) is 0 Å². The zero-order valence-corrected chi connectivity index (χ0v) is 18.6. The van der Waals surface area contributed by atoms with Crippen LogP contribution in [0.5, 0.6) is 0 Å². The molecule has 1 saturated heterocycles. The highest BCUT2D eigenvalue weighted by molar-refractivity contribution is 5.90. The molecule has 0 radical (unpaired) electrons. The Balaban J connectivity index is 1.38. The minimum Gasteiger partial charge on any atom is -0.378 e. The van der Waals surface area contributed by atoms with E-state index in [-0.39, 0.29) is 6.03 Å². The first kappa shape index (κ1) is 21.0. The zero-order valence-electron chi connectivity index (χ0n) is 18.6. The molecule has 1 fully saturated rings. The van der Waals surface area contributed by atoms with E-state index in [0.29, 0.717) is 6.54 Å². The van der Waals surface area contributed by atoms with Crippen LogP contribution in [0.1, 0.15) is 6.92 Å². The number of carbonyl (C=O) groups excluding carboxylic acids is 1. The highest BCUT2D eigenvalue weighted by Crippen LogP contribution is 2.28. The molecule has 168 valence electrons. The number of imidazole rings is 1. The van der Waals surface area contributed by atoms with Crippen LogP contribution in [0.2, 0.25) is 0 Å². The van der Waals surface area contributed by atoms with Crippen LogP contribution in [0.4, 0.5) is 16.2 Å². The lowest BCUT2D eigenvalue weighted by molar-refractivity contribution is 0.122. The Hall–Kier alpha value is -3.84. The smallest absolute Gasteiger partial charge is 0.319 e. The molecule has 0 bridgehead atoms. The van der Waals surface area contributed by atoms with E-state index in [1.165, 1.54) is 5.69 Å². The molecular weight excluding hydrogens is 414 g/mol. The number of rotatable bonds is 5. The summed E-state index contributed by atoms with van der Waals surface area (Å²) in [7, 11) is 0. The molecule has 2 aromatic heterocycles. The molecule has 2 aromatic carbocycles. The Morgan fingerprint density at radius 2 is 1.82 bits per heavy atom. The van der Waals surface area contributed by atoms with Crippen LogP contribution < -0.4 is 15.5 Å². The summed E-state index contributed by atoms with van der Waals surface area (Å²) in [4.78, 5) is 18.8. The van der Waals surface area contributed by atoms with Crippen molar-refractivity contribution in [2.75, 3.05) is 43.1 Å². The number of nitrogens with zero attached hydrogens (tertiary/aromatic N) is 3. The molecule has 4 aromatic rings. The molecule has 7 heteroatoms. The number of amides is 2. The lowest BCUT2D eigenvalue weighted by atomic mass is 10.1. The maximum Gasteiger partial charge on any atom is 0.319 e. The minimum atomic E-state index is -0.211. The summed E-state index contributed by atoms with van der Waals surface area (Å²) in [6.45, 7) is 5.90. The fraction of sp³-hybridized carbons (Fsp3) is 0.231. The Morgan fingerprint density at radius 1 is 1.00 bits per heavy atom. The van der Waals surface area contributed by atoms with Gasteiger partial charge in [0, 0.05) is 42.8 Å². The van der Waals surface area contributed by atoms with Crippen LogP contribution in [0.15, 0.2) is 73.1 Å². The number of carbonyl (C=O) groups is 1. The van der Waals surface area contributed by atoms with Gasteiger partial charge in [-0.15, -0.1) is 0 Å². The van der Waals surface area contributed by atoms with Gasteiger partial charge in [-0.05, 0) is 54.4 Å². The molecule has 1 aliphatic heterocycles. The Labute approximate surface area is 193 Å². The summed E-state index contributed by atoms with van der Waals surface area (Å²) in [6, 6.07) is 20.5. The van der Waals surface area contributed by atoms with Crippen molar-refractivity contribution < 1.29 is 9.53 Å². The third-order valence-electron chi connectivity index (χ3n) is 5.84. The van der Waals surface area contributed by atoms with Crippen LogP contribution in [-0.4, -0.2) is 48.3 Å². The average molecular weight is 442 g/mol. The van der Waals surface area contributed by atoms with Gasteiger partial charge in [0.05, 0.1) is 25.1 Å². The van der Waals surface area contributed by atoms with Gasteiger partial charge in [0.1, 0.15) is 5.65 Å². The predicted molar refractivity (Wildman–Crippen MR) is 132 cm³/mol. The topological polar surface area (TPSA) is 70.9 Å². The molecule has 0 aliphatic carbocycles. The largest absolute Gasteiger partial charge is 0.378 e. The Morgan fingerprint density at radius 3 is 2.61 bits per heavy atom. The van der Waals surface area contributed by atoms with Gasteiger partial charge >= 0.3 is 6.03 Å². The van der Waals surface area contributed by atoms with Gasteiger partial charge in [-0.3, -0.25) is 4.40 Å². The second-order valence-corrected chi connectivity index (χ2v) is 8.00. The second kappa shape index (κ2) is 9.34. The number of benzene rings is 2. The number of hydrogen-bond donors (Lipinski definition) is 2. The molecule has 0 atom stereocenters. The van der Waals surface area contributed by atoms with Crippen molar-refractivity contribution in [3.63, 3.8) is 0 Å². The number of aromatic nitrogens is 2. The average Bonchev–Trinajstić information content (AvgIpc) is 3.28. The number of ether oxygens (including phenoxy) is 1. The lowest BCUT2D eigenvalue weighted by Crippen LogP contribution is -2.36. The van der Waals surface area contributed by atoms with E-state index in [9.17, 15) is 4.79 Å². The summed E-state index contributed by atoms with van der Waals surface area (Å²) < 4.78 is 7.52. The Bertz CT molecular complexity index is 1260. The molecule has 1 aliphatic rings. The van der Waals surface area contributed by atoms with E-state index in [2.05, 4.69) is 61.3 Å². The maximum absolute atomic E-state index is 11.9. The van der Waals surface area contributed by atoms with Crippen LogP contribution in [-0.2, 0) is 4.74 Å². The van der Waals surface area contributed by atoms with Crippen molar-refractivity contribution in [2.45, 2.75) is 6.92 Å². The number of hydrogen-bond acceptors (Lipinski definition) is 4. The van der Waals surface area contributed by atoms with E-state index in [1.54, 1.807) is 0 Å². The first-order valence-corrected chi connectivity index (χ1v) is 11.3. The minimum absolute atomic E-state index is 0.211. The normalized spacial score (nSPS) is 13.8. The van der Waals surface area contributed by atoms with Gasteiger partial charge in [-0.25, -0.2) is 9.78 Å². The fourth-order valence-electron chi connectivity index (χ4n) is 4.15. The molecular formula is C26H27N5O2. The summed E-state index contributed by atoms with van der Waals surface area (Å²) in [5, 5.41) is 5.61. The Kier molecular flexibility index (Phi) is 5.95. The summed E-state index contributed by atoms with van der Waals surface area (Å²) >= 11 is 0. The van der Waals surface area contributed by atoms with Crippen molar-refractivity contribution in [3.05, 3.63) is 73.1 Å². The maximum atomic E-state index is 11.9. The van der Waals surface area contributed by atoms with E-state index < -0.39 is 0 Å². The molecule has 3 heterocycles. The third kappa shape index (κ3) is 4.54. The number of morpholine rings is 1. The molecule has 0 unspecified atom stereocenters. The van der Waals surface area contributed by atoms with E-state index in [1.807, 2.05) is 43.6 Å². The molecule has 0 saturated carbocycles. The van der Waals surface area contributed by atoms with Gasteiger partial charge in [0.2, 0.25) is 0 Å². The number of urea groups is 1. The van der Waals surface area contributed by atoms with E-state index in [4.69, 9.17) is 4.74 Å². The van der Waals surface area contributed by atoms with Gasteiger partial charge in [0.25, 0.3) is 0 Å². The fourth-order valence-corrected chi connectivity index (χ4v) is 4.15. The van der Waals surface area contributed by atoms with Gasteiger partial charge in [-0.2, -0.15) is 0 Å². The van der Waals surface area contributed by atoms with Crippen molar-refractivity contribution in [1.82, 2.24) is 14.7 Å². The number of pyridine rings is 1. The summed E-state index contributed by atoms with van der Waals surface area (Å²) in [5.74, 6) is 0. The second-order valence-electron chi connectivity index (χ2n) is 8.00. The molecule has 2 N–H and O–H groups in total. The predicted octanol–water partition coefficient (Wildman–Crippen LogP) is 4.65. The number of nitrogens with one attached hydrogen (secondary N) is 2. The van der Waals surface area contributed by atoms with Crippen molar-refractivity contribution in [1.29, 1.82) is 0 Å². The standard InChI is InChI=1S/C26H27N5O2/c1-2-27-26(32)29-22-5-3-4-21(16-22)24-18-28-25-17-20(10-11-31(24)25)19-6-8-23(9-7-19)30-12-14-33-15-13-30/h3-11,16-18H,2,12-15H2,1H3,(H2,27,29,32). The monoisotopic (exact) mass is 441 g/mol. The van der Waals surface area contributed by atoms with Crippen LogP contribution >= 0.6 is 0 Å². The highest BCUT2D eigenvalue weighted by Gasteiger charge is 2.12. The van der Waals surface area contributed by atoms with Crippen molar-refractivity contribution in [3.8, 4) is 22.4 Å². The first-order valence-electron chi connectivity index (χ1n) is 11.3. The van der Waals surface area contributed by atoms with Crippen molar-refractivity contribution in [2.24, 2.45) is 0 Å². The van der Waals surface area contributed by atoms with Gasteiger partial charge in [-0.1, -0.05) is 24.3 Å². The van der Waals surface area contributed by atoms with E-state index in [0.717, 1.165) is 60.0 Å². The SMILES string of the molecule is CCNC(=O)Nc1cccc(-c2cnc3cc(-c4ccc(N5CCOCC5)cc4)ccn23)c1. The molecule has 7 nitrogen and oxygen atoms in total.